The summed E-state index contributed by atoms with van der Waals surface area (Å²) in [4.78, 5) is 24.1. The fourth-order valence-corrected chi connectivity index (χ4v) is 2.83. The zero-order valence-corrected chi connectivity index (χ0v) is 11.2. The Hall–Kier alpha value is -1.56. The average Bonchev–Trinajstić information content (AvgIpc) is 2.77. The Labute approximate surface area is 113 Å². The first kappa shape index (κ1) is 12.9. The van der Waals surface area contributed by atoms with Crippen LogP contribution in [0, 0.1) is 0 Å². The number of carbonyl (C=O) groups excluding carboxylic acids is 1. The molecule has 1 saturated heterocycles. The summed E-state index contributed by atoms with van der Waals surface area (Å²) < 4.78 is 0.663. The number of carboxylic acid groups (broad SMARTS) is 1. The van der Waals surface area contributed by atoms with Gasteiger partial charge in [-0.3, -0.25) is 4.79 Å². The van der Waals surface area contributed by atoms with E-state index in [1.165, 1.54) is 12.1 Å². The number of hydrogen-bond acceptors (Lipinski definition) is 3. The van der Waals surface area contributed by atoms with Gasteiger partial charge < -0.3 is 15.7 Å². The third-order valence-corrected chi connectivity index (χ3v) is 3.72. The Morgan fingerprint density at radius 1 is 1.44 bits per heavy atom. The molecule has 1 atom stereocenters. The van der Waals surface area contributed by atoms with Gasteiger partial charge in [-0.2, -0.15) is 0 Å². The molecule has 0 spiro atoms. The van der Waals surface area contributed by atoms with Gasteiger partial charge in [-0.15, -0.1) is 0 Å². The van der Waals surface area contributed by atoms with E-state index in [1.807, 2.05) is 4.90 Å². The van der Waals surface area contributed by atoms with Crippen molar-refractivity contribution in [2.24, 2.45) is 5.73 Å². The smallest absolute Gasteiger partial charge is 0.335 e. The Morgan fingerprint density at radius 2 is 2.17 bits per heavy atom. The first-order valence-corrected chi connectivity index (χ1v) is 6.39. The molecular formula is C12H13BrN2O3. The molecule has 1 fully saturated rings. The zero-order valence-electron chi connectivity index (χ0n) is 9.60. The summed E-state index contributed by atoms with van der Waals surface area (Å²) in [5.74, 6) is -1.32. The van der Waals surface area contributed by atoms with Crippen LogP contribution >= 0.6 is 15.9 Å². The van der Waals surface area contributed by atoms with Crippen molar-refractivity contribution in [2.75, 3.05) is 11.4 Å². The zero-order chi connectivity index (χ0) is 13.3. The third kappa shape index (κ3) is 2.33. The molecule has 1 aliphatic rings. The van der Waals surface area contributed by atoms with E-state index in [9.17, 15) is 9.59 Å². The highest BCUT2D eigenvalue weighted by atomic mass is 79.9. The van der Waals surface area contributed by atoms with Gasteiger partial charge in [0.05, 0.1) is 11.3 Å². The van der Waals surface area contributed by atoms with Crippen LogP contribution in [0.3, 0.4) is 0 Å². The van der Waals surface area contributed by atoms with Crippen molar-refractivity contribution in [3.05, 3.63) is 28.2 Å². The van der Waals surface area contributed by atoms with E-state index in [0.717, 1.165) is 25.1 Å². The number of nitrogens with two attached hydrogens (primary N) is 1. The highest BCUT2D eigenvalue weighted by Crippen LogP contribution is 2.32. The van der Waals surface area contributed by atoms with Gasteiger partial charge in [-0.1, -0.05) is 0 Å². The quantitative estimate of drug-likeness (QED) is 0.888. The lowest BCUT2D eigenvalue weighted by atomic mass is 10.1. The molecule has 0 aromatic heterocycles. The van der Waals surface area contributed by atoms with Crippen LogP contribution in [-0.2, 0) is 4.79 Å². The predicted octanol–water partition coefficient (Wildman–Crippen LogP) is 1.60. The number of anilines is 1. The van der Waals surface area contributed by atoms with Crippen LogP contribution in [0.25, 0.3) is 0 Å². The van der Waals surface area contributed by atoms with Crippen molar-refractivity contribution < 1.29 is 14.7 Å². The highest BCUT2D eigenvalue weighted by Gasteiger charge is 2.30. The molecule has 1 aromatic carbocycles. The molecule has 0 aliphatic carbocycles. The molecule has 0 bridgehead atoms. The number of amides is 1. The van der Waals surface area contributed by atoms with Gasteiger partial charge in [0.25, 0.3) is 0 Å². The van der Waals surface area contributed by atoms with Crippen LogP contribution in [-0.4, -0.2) is 29.6 Å². The van der Waals surface area contributed by atoms with Crippen molar-refractivity contribution in [3.8, 4) is 0 Å². The Morgan fingerprint density at radius 3 is 2.72 bits per heavy atom. The SMILES string of the molecule is NC(=O)C1CCCN1c1ccc(C(=O)O)cc1Br. The number of nitrogens with zero attached hydrogens (tertiary/aromatic N) is 1. The van der Waals surface area contributed by atoms with Crippen LogP contribution in [0.5, 0.6) is 0 Å². The average molecular weight is 313 g/mol. The Kier molecular flexibility index (Phi) is 3.56. The molecule has 1 unspecified atom stereocenters. The van der Waals surface area contributed by atoms with Crippen molar-refractivity contribution in [1.82, 2.24) is 0 Å². The predicted molar refractivity (Wildman–Crippen MR) is 70.7 cm³/mol. The number of benzene rings is 1. The number of hydrogen-bond donors (Lipinski definition) is 2. The maximum atomic E-state index is 11.3. The van der Waals surface area contributed by atoms with Crippen LogP contribution in [0.4, 0.5) is 5.69 Å². The number of carboxylic acids is 1. The molecule has 3 N–H and O–H groups in total. The molecule has 6 heteroatoms. The largest absolute Gasteiger partial charge is 0.478 e. The van der Waals surface area contributed by atoms with Gasteiger partial charge in [0.1, 0.15) is 6.04 Å². The van der Waals surface area contributed by atoms with Gasteiger partial charge in [-0.25, -0.2) is 4.79 Å². The topological polar surface area (TPSA) is 83.6 Å². The maximum Gasteiger partial charge on any atom is 0.335 e. The van der Waals surface area contributed by atoms with E-state index in [2.05, 4.69) is 15.9 Å². The summed E-state index contributed by atoms with van der Waals surface area (Å²) in [7, 11) is 0. The van der Waals surface area contributed by atoms with Crippen LogP contribution < -0.4 is 10.6 Å². The molecule has 0 saturated carbocycles. The summed E-state index contributed by atoms with van der Waals surface area (Å²) in [5, 5.41) is 8.90. The Balaban J connectivity index is 2.33. The number of primary amides is 1. The van der Waals surface area contributed by atoms with Gasteiger partial charge in [0, 0.05) is 11.0 Å². The van der Waals surface area contributed by atoms with Crippen molar-refractivity contribution >= 4 is 33.5 Å². The van der Waals surface area contributed by atoms with Gasteiger partial charge in [0.2, 0.25) is 5.91 Å². The minimum Gasteiger partial charge on any atom is -0.478 e. The number of rotatable bonds is 3. The van der Waals surface area contributed by atoms with E-state index in [0.29, 0.717) is 4.47 Å². The first-order chi connectivity index (χ1) is 8.50. The lowest BCUT2D eigenvalue weighted by Crippen LogP contribution is -2.40. The van der Waals surface area contributed by atoms with E-state index in [-0.39, 0.29) is 17.5 Å². The van der Waals surface area contributed by atoms with E-state index < -0.39 is 5.97 Å². The van der Waals surface area contributed by atoms with Gasteiger partial charge >= 0.3 is 5.97 Å². The van der Waals surface area contributed by atoms with Gasteiger partial charge in [-0.05, 0) is 47.0 Å². The molecule has 1 amide bonds. The summed E-state index contributed by atoms with van der Waals surface area (Å²) in [5.41, 5.74) is 6.38. The molecule has 1 aromatic rings. The molecular weight excluding hydrogens is 300 g/mol. The fraction of sp³-hybridized carbons (Fsp3) is 0.333. The molecule has 5 nitrogen and oxygen atoms in total. The second-order valence-electron chi connectivity index (χ2n) is 4.23. The van der Waals surface area contributed by atoms with Crippen molar-refractivity contribution in [1.29, 1.82) is 0 Å². The summed E-state index contributed by atoms with van der Waals surface area (Å²) >= 11 is 3.34. The maximum absolute atomic E-state index is 11.3. The van der Waals surface area contributed by atoms with Gasteiger partial charge in [0.15, 0.2) is 0 Å². The normalized spacial score (nSPS) is 18.9. The number of aromatic carboxylic acids is 1. The molecule has 0 radical (unpaired) electrons. The lowest BCUT2D eigenvalue weighted by molar-refractivity contribution is -0.119. The minimum absolute atomic E-state index is 0.209. The van der Waals surface area contributed by atoms with E-state index in [1.54, 1.807) is 6.07 Å². The molecule has 2 rings (SSSR count). The van der Waals surface area contributed by atoms with E-state index >= 15 is 0 Å². The van der Waals surface area contributed by atoms with Crippen LogP contribution in [0.15, 0.2) is 22.7 Å². The Bertz CT molecular complexity index is 504. The lowest BCUT2D eigenvalue weighted by Gasteiger charge is -2.25. The summed E-state index contributed by atoms with van der Waals surface area (Å²) in [6.45, 7) is 0.749. The van der Waals surface area contributed by atoms with Crippen molar-refractivity contribution in [2.45, 2.75) is 18.9 Å². The molecule has 96 valence electrons. The molecule has 1 heterocycles. The molecule has 1 aliphatic heterocycles. The standard InChI is InChI=1S/C12H13BrN2O3/c13-8-6-7(12(17)18)3-4-9(8)15-5-1-2-10(15)11(14)16/h3-4,6,10H,1-2,5H2,(H2,14,16)(H,17,18). The van der Waals surface area contributed by atoms with Crippen LogP contribution in [0.2, 0.25) is 0 Å². The second kappa shape index (κ2) is 4.97. The monoisotopic (exact) mass is 312 g/mol. The first-order valence-electron chi connectivity index (χ1n) is 5.59. The minimum atomic E-state index is -0.977. The third-order valence-electron chi connectivity index (χ3n) is 3.09. The summed E-state index contributed by atoms with van der Waals surface area (Å²) in [6, 6.07) is 4.46. The second-order valence-corrected chi connectivity index (χ2v) is 5.08. The van der Waals surface area contributed by atoms with E-state index in [4.69, 9.17) is 10.8 Å². The molecule has 18 heavy (non-hydrogen) atoms. The van der Waals surface area contributed by atoms with Crippen molar-refractivity contribution in [3.63, 3.8) is 0 Å². The highest BCUT2D eigenvalue weighted by molar-refractivity contribution is 9.10. The number of carbonyl (C=O) groups is 2. The fourth-order valence-electron chi connectivity index (χ4n) is 2.22. The summed E-state index contributed by atoms with van der Waals surface area (Å²) in [6.07, 6.45) is 1.64. The van der Waals surface area contributed by atoms with Crippen LogP contribution in [0.1, 0.15) is 23.2 Å². The number of halogens is 1.